The second kappa shape index (κ2) is 4.41. The Bertz CT molecular complexity index is 608. The van der Waals surface area contributed by atoms with E-state index in [0.717, 1.165) is 22.9 Å². The Hall–Kier alpha value is -1.77. The number of rotatable bonds is 3. The minimum absolute atomic E-state index is 0.461. The molecule has 3 nitrogen and oxygen atoms in total. The van der Waals surface area contributed by atoms with Gasteiger partial charge < -0.3 is 5.73 Å². The van der Waals surface area contributed by atoms with Crippen LogP contribution in [0.15, 0.2) is 24.4 Å². The van der Waals surface area contributed by atoms with E-state index < -0.39 is 0 Å². The molecule has 2 N–H and O–H groups in total. The molecule has 0 radical (unpaired) electrons. The summed E-state index contributed by atoms with van der Waals surface area (Å²) in [6.07, 6.45) is 4.62. The van der Waals surface area contributed by atoms with Gasteiger partial charge in [-0.25, -0.2) is 0 Å². The van der Waals surface area contributed by atoms with Gasteiger partial charge in [-0.1, -0.05) is 12.1 Å². The maximum absolute atomic E-state index is 6.14. The Morgan fingerprint density at radius 3 is 2.63 bits per heavy atom. The van der Waals surface area contributed by atoms with E-state index in [1.165, 1.54) is 24.0 Å². The summed E-state index contributed by atoms with van der Waals surface area (Å²) in [5.41, 5.74) is 11.5. The van der Waals surface area contributed by atoms with Crippen molar-refractivity contribution >= 4 is 5.69 Å². The number of nitrogen functional groups attached to an aromatic ring is 1. The molecule has 1 fully saturated rings. The molecule has 0 aliphatic heterocycles. The molecule has 1 aliphatic rings. The van der Waals surface area contributed by atoms with Crippen molar-refractivity contribution in [2.24, 2.45) is 5.92 Å². The first-order chi connectivity index (χ1) is 9.06. The predicted molar refractivity (Wildman–Crippen MR) is 79.0 cm³/mol. The van der Waals surface area contributed by atoms with E-state index in [1.54, 1.807) is 0 Å². The molecule has 1 unspecified atom stereocenters. The molecule has 1 aliphatic carbocycles. The van der Waals surface area contributed by atoms with Gasteiger partial charge in [0.05, 0.1) is 11.7 Å². The van der Waals surface area contributed by atoms with Gasteiger partial charge in [0, 0.05) is 11.8 Å². The lowest BCUT2D eigenvalue weighted by atomic mass is 10.0. The van der Waals surface area contributed by atoms with Crippen molar-refractivity contribution < 1.29 is 0 Å². The largest absolute Gasteiger partial charge is 0.396 e. The van der Waals surface area contributed by atoms with Crippen LogP contribution in [0.5, 0.6) is 0 Å². The van der Waals surface area contributed by atoms with Crippen LogP contribution in [0.4, 0.5) is 5.69 Å². The standard InChI is InChI=1S/C16H21N3/c1-10-4-5-14(8-11(10)2)16-15(17)9-19(18-16)12(3)13-6-7-13/h4-5,8-9,12-13H,6-7,17H2,1-3H3. The number of hydrogen-bond donors (Lipinski definition) is 1. The molecule has 1 aromatic heterocycles. The highest BCUT2D eigenvalue weighted by Gasteiger charge is 2.30. The summed E-state index contributed by atoms with van der Waals surface area (Å²) in [4.78, 5) is 0. The van der Waals surface area contributed by atoms with E-state index in [9.17, 15) is 0 Å². The van der Waals surface area contributed by atoms with Crippen molar-refractivity contribution in [1.29, 1.82) is 0 Å². The van der Waals surface area contributed by atoms with Crippen molar-refractivity contribution in [1.82, 2.24) is 9.78 Å². The molecule has 0 bridgehead atoms. The molecule has 1 saturated carbocycles. The van der Waals surface area contributed by atoms with Crippen molar-refractivity contribution in [3.8, 4) is 11.3 Å². The number of aromatic nitrogens is 2. The topological polar surface area (TPSA) is 43.8 Å². The zero-order chi connectivity index (χ0) is 13.6. The lowest BCUT2D eigenvalue weighted by Gasteiger charge is -2.09. The van der Waals surface area contributed by atoms with Crippen molar-refractivity contribution in [2.75, 3.05) is 5.73 Å². The number of nitrogens with zero attached hydrogens (tertiary/aromatic N) is 2. The molecule has 2 aromatic rings. The second-order valence-corrected chi connectivity index (χ2v) is 5.79. The molecule has 100 valence electrons. The zero-order valence-electron chi connectivity index (χ0n) is 11.9. The highest BCUT2D eigenvalue weighted by atomic mass is 15.3. The van der Waals surface area contributed by atoms with E-state index in [4.69, 9.17) is 10.8 Å². The highest BCUT2D eigenvalue weighted by molar-refractivity contribution is 5.72. The molecular weight excluding hydrogens is 234 g/mol. The van der Waals surface area contributed by atoms with E-state index in [0.29, 0.717) is 6.04 Å². The first-order valence-corrected chi connectivity index (χ1v) is 6.98. The van der Waals surface area contributed by atoms with Crippen LogP contribution in [-0.4, -0.2) is 9.78 Å². The van der Waals surface area contributed by atoms with Crippen LogP contribution in [0.25, 0.3) is 11.3 Å². The van der Waals surface area contributed by atoms with E-state index in [1.807, 2.05) is 10.9 Å². The Labute approximate surface area is 114 Å². The number of benzene rings is 1. The maximum Gasteiger partial charge on any atom is 0.115 e. The molecule has 0 spiro atoms. The van der Waals surface area contributed by atoms with Crippen LogP contribution in [0.3, 0.4) is 0 Å². The molecule has 1 atom stereocenters. The third-order valence-corrected chi connectivity index (χ3v) is 4.26. The summed E-state index contributed by atoms with van der Waals surface area (Å²) < 4.78 is 2.04. The minimum atomic E-state index is 0.461. The molecular formula is C16H21N3. The first-order valence-electron chi connectivity index (χ1n) is 6.98. The van der Waals surface area contributed by atoms with E-state index in [-0.39, 0.29) is 0 Å². The summed E-state index contributed by atoms with van der Waals surface area (Å²) >= 11 is 0. The SMILES string of the molecule is Cc1ccc(-c2nn(C(C)C3CC3)cc2N)cc1C. The van der Waals surface area contributed by atoms with Crippen molar-refractivity contribution in [2.45, 2.75) is 39.7 Å². The van der Waals surface area contributed by atoms with Gasteiger partial charge in [0.15, 0.2) is 0 Å². The molecule has 1 heterocycles. The van der Waals surface area contributed by atoms with Crippen molar-refractivity contribution in [3.63, 3.8) is 0 Å². The van der Waals surface area contributed by atoms with Gasteiger partial charge in [-0.05, 0) is 56.7 Å². The predicted octanol–water partition coefficient (Wildman–Crippen LogP) is 3.72. The Balaban J connectivity index is 1.97. The molecule has 3 rings (SSSR count). The number of hydrogen-bond acceptors (Lipinski definition) is 2. The summed E-state index contributed by atoms with van der Waals surface area (Å²) in [5.74, 6) is 0.784. The third kappa shape index (κ3) is 2.25. The van der Waals surface area contributed by atoms with E-state index >= 15 is 0 Å². The van der Waals surface area contributed by atoms with Gasteiger partial charge in [-0.3, -0.25) is 4.68 Å². The smallest absolute Gasteiger partial charge is 0.115 e. The van der Waals surface area contributed by atoms with Gasteiger partial charge in [0.2, 0.25) is 0 Å². The van der Waals surface area contributed by atoms with Crippen LogP contribution in [0.1, 0.15) is 36.9 Å². The van der Waals surface area contributed by atoms with E-state index in [2.05, 4.69) is 39.0 Å². The maximum atomic E-state index is 6.14. The van der Waals surface area contributed by atoms with Crippen LogP contribution in [-0.2, 0) is 0 Å². The monoisotopic (exact) mass is 255 g/mol. The summed E-state index contributed by atoms with van der Waals surface area (Å²) in [6, 6.07) is 6.86. The molecule has 19 heavy (non-hydrogen) atoms. The van der Waals surface area contributed by atoms with Crippen LogP contribution in [0, 0.1) is 19.8 Å². The molecule has 0 saturated heterocycles. The second-order valence-electron chi connectivity index (χ2n) is 5.79. The van der Waals surface area contributed by atoms with Gasteiger partial charge in [0.25, 0.3) is 0 Å². The van der Waals surface area contributed by atoms with Gasteiger partial charge in [0.1, 0.15) is 5.69 Å². The average molecular weight is 255 g/mol. The quantitative estimate of drug-likeness (QED) is 0.908. The third-order valence-electron chi connectivity index (χ3n) is 4.26. The summed E-state index contributed by atoms with van der Waals surface area (Å²) in [5, 5.41) is 4.70. The van der Waals surface area contributed by atoms with Crippen molar-refractivity contribution in [3.05, 3.63) is 35.5 Å². The summed E-state index contributed by atoms with van der Waals surface area (Å²) in [7, 11) is 0. The van der Waals surface area contributed by atoms with Gasteiger partial charge >= 0.3 is 0 Å². The lowest BCUT2D eigenvalue weighted by molar-refractivity contribution is 0.441. The van der Waals surface area contributed by atoms with Gasteiger partial charge in [-0.15, -0.1) is 0 Å². The fourth-order valence-electron chi connectivity index (χ4n) is 2.52. The first kappa shape index (κ1) is 12.3. The van der Waals surface area contributed by atoms with Crippen LogP contribution in [0.2, 0.25) is 0 Å². The molecule has 0 amide bonds. The number of aryl methyl sites for hydroxylation is 2. The number of nitrogens with two attached hydrogens (primary N) is 1. The molecule has 1 aromatic carbocycles. The lowest BCUT2D eigenvalue weighted by Crippen LogP contribution is -2.07. The zero-order valence-corrected chi connectivity index (χ0v) is 11.9. The normalized spacial score (nSPS) is 16.6. The summed E-state index contributed by atoms with van der Waals surface area (Å²) in [6.45, 7) is 6.48. The Kier molecular flexibility index (Phi) is 2.85. The van der Waals surface area contributed by atoms with Crippen LogP contribution >= 0.6 is 0 Å². The van der Waals surface area contributed by atoms with Gasteiger partial charge in [-0.2, -0.15) is 5.10 Å². The molecule has 3 heteroatoms. The Morgan fingerprint density at radius 1 is 1.26 bits per heavy atom. The Morgan fingerprint density at radius 2 is 2.00 bits per heavy atom. The minimum Gasteiger partial charge on any atom is -0.396 e. The fraction of sp³-hybridized carbons (Fsp3) is 0.438. The average Bonchev–Trinajstić information content (AvgIpc) is 3.15. The highest BCUT2D eigenvalue weighted by Crippen LogP contribution is 2.40. The fourth-order valence-corrected chi connectivity index (χ4v) is 2.52. The van der Waals surface area contributed by atoms with Crippen LogP contribution < -0.4 is 5.73 Å². The number of anilines is 1.